The summed E-state index contributed by atoms with van der Waals surface area (Å²) in [5.74, 6) is 1.97. The van der Waals surface area contributed by atoms with Crippen LogP contribution in [0.25, 0.3) is 17.1 Å². The normalized spacial score (nSPS) is 11.4. The van der Waals surface area contributed by atoms with Gasteiger partial charge in [-0.15, -0.1) is 0 Å². The fourth-order valence-electron chi connectivity index (χ4n) is 2.65. The fourth-order valence-corrected chi connectivity index (χ4v) is 3.20. The Morgan fingerprint density at radius 2 is 1.67 bits per heavy atom. The van der Waals surface area contributed by atoms with Crippen molar-refractivity contribution >= 4 is 9.84 Å². The van der Waals surface area contributed by atoms with E-state index in [1.165, 1.54) is 12.3 Å². The largest absolute Gasteiger partial charge is 0.494 e. The standard InChI is InChI=1S/C19H21N3O4S/c1-4-25-15-8-14(9-16(10-15)26-5-2)18-12-20-13-22(18)19-7-6-17(11-21-19)27(3,23)24/h6-13H,4-5H2,1-3H3. The highest BCUT2D eigenvalue weighted by atomic mass is 32.2. The second-order valence-electron chi connectivity index (χ2n) is 5.83. The van der Waals surface area contributed by atoms with E-state index < -0.39 is 9.84 Å². The maximum atomic E-state index is 11.6. The maximum Gasteiger partial charge on any atom is 0.177 e. The summed E-state index contributed by atoms with van der Waals surface area (Å²) in [5, 5.41) is 0. The molecule has 0 aliphatic carbocycles. The van der Waals surface area contributed by atoms with Gasteiger partial charge in [-0.1, -0.05) is 0 Å². The van der Waals surface area contributed by atoms with Gasteiger partial charge in [0.05, 0.1) is 30.0 Å². The Balaban J connectivity index is 2.04. The van der Waals surface area contributed by atoms with Gasteiger partial charge in [-0.3, -0.25) is 4.57 Å². The van der Waals surface area contributed by atoms with Crippen molar-refractivity contribution in [2.45, 2.75) is 18.7 Å². The monoisotopic (exact) mass is 387 g/mol. The molecule has 2 aromatic heterocycles. The lowest BCUT2D eigenvalue weighted by Gasteiger charge is -2.12. The molecule has 0 spiro atoms. The van der Waals surface area contributed by atoms with E-state index in [-0.39, 0.29) is 4.90 Å². The van der Waals surface area contributed by atoms with Gasteiger partial charge in [-0.25, -0.2) is 18.4 Å². The zero-order valence-electron chi connectivity index (χ0n) is 15.4. The molecule has 1 aromatic carbocycles. The van der Waals surface area contributed by atoms with Gasteiger partial charge in [0.15, 0.2) is 9.84 Å². The van der Waals surface area contributed by atoms with E-state index in [2.05, 4.69) is 9.97 Å². The SMILES string of the molecule is CCOc1cc(OCC)cc(-c2cncn2-c2ccc(S(C)(=O)=O)cn2)c1. The van der Waals surface area contributed by atoms with Crippen molar-refractivity contribution in [3.63, 3.8) is 0 Å². The predicted molar refractivity (Wildman–Crippen MR) is 102 cm³/mol. The molecule has 27 heavy (non-hydrogen) atoms. The van der Waals surface area contributed by atoms with Crippen LogP contribution in [-0.4, -0.2) is 42.4 Å². The van der Waals surface area contributed by atoms with E-state index in [1.807, 2.05) is 32.0 Å². The average molecular weight is 387 g/mol. The number of hydrogen-bond donors (Lipinski definition) is 0. The highest BCUT2D eigenvalue weighted by Gasteiger charge is 2.13. The molecule has 0 saturated carbocycles. The van der Waals surface area contributed by atoms with Crippen LogP contribution < -0.4 is 9.47 Å². The number of sulfone groups is 1. The first kappa shape index (κ1) is 18.9. The number of rotatable bonds is 7. The Morgan fingerprint density at radius 3 is 2.19 bits per heavy atom. The first-order valence-corrected chi connectivity index (χ1v) is 10.4. The summed E-state index contributed by atoms with van der Waals surface area (Å²) < 4.78 is 36.3. The molecule has 0 bridgehead atoms. The Hall–Kier alpha value is -2.87. The molecule has 0 saturated heterocycles. The zero-order chi connectivity index (χ0) is 19.4. The van der Waals surface area contributed by atoms with Crippen LogP contribution in [0.15, 0.2) is 53.9 Å². The third-order valence-electron chi connectivity index (χ3n) is 3.83. The summed E-state index contributed by atoms with van der Waals surface area (Å²) in [7, 11) is -3.30. The average Bonchev–Trinajstić information content (AvgIpc) is 3.11. The number of aromatic nitrogens is 3. The van der Waals surface area contributed by atoms with E-state index in [9.17, 15) is 8.42 Å². The number of pyridine rings is 1. The topological polar surface area (TPSA) is 83.3 Å². The van der Waals surface area contributed by atoms with Crippen LogP contribution in [0.3, 0.4) is 0 Å². The Labute approximate surface area is 158 Å². The minimum Gasteiger partial charge on any atom is -0.494 e. The maximum absolute atomic E-state index is 11.6. The van der Waals surface area contributed by atoms with E-state index in [1.54, 1.807) is 23.2 Å². The Kier molecular flexibility index (Phi) is 5.46. The summed E-state index contributed by atoms with van der Waals surface area (Å²) in [4.78, 5) is 8.66. The van der Waals surface area contributed by atoms with Gasteiger partial charge in [-0.05, 0) is 38.1 Å². The number of nitrogens with zero attached hydrogens (tertiary/aromatic N) is 3. The summed E-state index contributed by atoms with van der Waals surface area (Å²) in [6.07, 6.45) is 5.84. The van der Waals surface area contributed by atoms with Crippen molar-refractivity contribution in [1.29, 1.82) is 0 Å². The quantitative estimate of drug-likeness (QED) is 0.619. The summed E-state index contributed by atoms with van der Waals surface area (Å²) >= 11 is 0. The lowest BCUT2D eigenvalue weighted by Crippen LogP contribution is -2.02. The molecule has 0 atom stereocenters. The van der Waals surface area contributed by atoms with E-state index in [4.69, 9.17) is 9.47 Å². The van der Waals surface area contributed by atoms with E-state index in [0.29, 0.717) is 30.5 Å². The molecule has 142 valence electrons. The second-order valence-corrected chi connectivity index (χ2v) is 7.85. The van der Waals surface area contributed by atoms with Crippen LogP contribution in [0.5, 0.6) is 11.5 Å². The minimum atomic E-state index is -3.30. The molecule has 3 rings (SSSR count). The van der Waals surface area contributed by atoms with Crippen molar-refractivity contribution < 1.29 is 17.9 Å². The fraction of sp³-hybridized carbons (Fsp3) is 0.263. The van der Waals surface area contributed by atoms with Gasteiger partial charge in [-0.2, -0.15) is 0 Å². The molecule has 0 fully saturated rings. The molecule has 0 aliphatic heterocycles. The van der Waals surface area contributed by atoms with E-state index in [0.717, 1.165) is 17.5 Å². The van der Waals surface area contributed by atoms with Gasteiger partial charge in [0.25, 0.3) is 0 Å². The lowest BCUT2D eigenvalue weighted by atomic mass is 10.1. The smallest absolute Gasteiger partial charge is 0.177 e. The number of hydrogen-bond acceptors (Lipinski definition) is 6. The van der Waals surface area contributed by atoms with Crippen LogP contribution in [0, 0.1) is 0 Å². The molecular weight excluding hydrogens is 366 g/mol. The summed E-state index contributed by atoms with van der Waals surface area (Å²) in [6, 6.07) is 8.84. The molecule has 8 heteroatoms. The first-order valence-electron chi connectivity index (χ1n) is 8.52. The van der Waals surface area contributed by atoms with Crippen LogP contribution in [0.2, 0.25) is 0 Å². The van der Waals surface area contributed by atoms with Gasteiger partial charge in [0.1, 0.15) is 23.6 Å². The number of benzene rings is 1. The van der Waals surface area contributed by atoms with Crippen molar-refractivity contribution in [1.82, 2.24) is 14.5 Å². The molecule has 7 nitrogen and oxygen atoms in total. The number of imidazole rings is 1. The molecule has 0 aliphatic rings. The molecule has 3 aromatic rings. The third kappa shape index (κ3) is 4.28. The van der Waals surface area contributed by atoms with Crippen LogP contribution in [0.4, 0.5) is 0 Å². The van der Waals surface area contributed by atoms with Gasteiger partial charge in [0, 0.05) is 24.1 Å². The van der Waals surface area contributed by atoms with E-state index >= 15 is 0 Å². The number of ether oxygens (including phenoxy) is 2. The van der Waals surface area contributed by atoms with Crippen molar-refractivity contribution in [3.05, 3.63) is 49.1 Å². The molecule has 0 N–H and O–H groups in total. The molecular formula is C19H21N3O4S. The first-order chi connectivity index (χ1) is 12.9. The molecule has 0 radical (unpaired) electrons. The highest BCUT2D eigenvalue weighted by Crippen LogP contribution is 2.31. The van der Waals surface area contributed by atoms with Crippen LogP contribution >= 0.6 is 0 Å². The second kappa shape index (κ2) is 7.79. The summed E-state index contributed by atoms with van der Waals surface area (Å²) in [6.45, 7) is 4.93. The van der Waals surface area contributed by atoms with Gasteiger partial charge in [0.2, 0.25) is 0 Å². The minimum absolute atomic E-state index is 0.171. The highest BCUT2D eigenvalue weighted by molar-refractivity contribution is 7.90. The third-order valence-corrected chi connectivity index (χ3v) is 4.93. The summed E-state index contributed by atoms with van der Waals surface area (Å²) in [5.41, 5.74) is 1.65. The Morgan fingerprint density at radius 1 is 1.00 bits per heavy atom. The predicted octanol–water partition coefficient (Wildman–Crippen LogP) is 3.14. The van der Waals surface area contributed by atoms with Gasteiger partial charge >= 0.3 is 0 Å². The van der Waals surface area contributed by atoms with Crippen molar-refractivity contribution in [3.8, 4) is 28.6 Å². The lowest BCUT2D eigenvalue weighted by molar-refractivity contribution is 0.323. The van der Waals surface area contributed by atoms with Crippen molar-refractivity contribution in [2.75, 3.05) is 19.5 Å². The Bertz CT molecular complexity index is 1000. The zero-order valence-corrected chi connectivity index (χ0v) is 16.2. The van der Waals surface area contributed by atoms with Gasteiger partial charge < -0.3 is 9.47 Å². The molecule has 2 heterocycles. The van der Waals surface area contributed by atoms with Crippen molar-refractivity contribution in [2.24, 2.45) is 0 Å². The van der Waals surface area contributed by atoms with Crippen LogP contribution in [-0.2, 0) is 9.84 Å². The molecule has 0 unspecified atom stereocenters. The van der Waals surface area contributed by atoms with Crippen LogP contribution in [0.1, 0.15) is 13.8 Å². The molecule has 0 amide bonds.